The second-order valence-electron chi connectivity index (χ2n) is 7.07. The number of hydrogen-bond acceptors (Lipinski definition) is 3. The Morgan fingerprint density at radius 2 is 1.53 bits per heavy atom. The summed E-state index contributed by atoms with van der Waals surface area (Å²) in [6.45, 7) is 7.53. The van der Waals surface area contributed by atoms with Crippen LogP contribution in [0.5, 0.6) is 5.75 Å². The van der Waals surface area contributed by atoms with Gasteiger partial charge in [0.05, 0.1) is 19.8 Å². The van der Waals surface area contributed by atoms with Crippen LogP contribution in [0.25, 0.3) is 12.2 Å². The fourth-order valence-corrected chi connectivity index (χ4v) is 2.82. The van der Waals surface area contributed by atoms with E-state index in [1.54, 1.807) is 12.2 Å². The van der Waals surface area contributed by atoms with Crippen molar-refractivity contribution in [1.29, 1.82) is 0 Å². The highest BCUT2D eigenvalue weighted by Crippen LogP contribution is 2.16. The van der Waals surface area contributed by atoms with Crippen LogP contribution in [-0.2, 0) is 11.3 Å². The minimum absolute atomic E-state index is 0.0507. The highest BCUT2D eigenvalue weighted by Gasteiger charge is 1.96. The molecule has 0 unspecified atom stereocenters. The van der Waals surface area contributed by atoms with Gasteiger partial charge in [-0.2, -0.15) is 0 Å². The molecule has 0 bridgehead atoms. The monoisotopic (exact) mass is 428 g/mol. The first-order chi connectivity index (χ1) is 15.7. The number of aliphatic hydroxyl groups is 1. The maximum absolute atomic E-state index is 8.73. The van der Waals surface area contributed by atoms with E-state index in [1.807, 2.05) is 66.7 Å². The average molecular weight is 429 g/mol. The zero-order valence-corrected chi connectivity index (χ0v) is 18.7. The fourth-order valence-electron chi connectivity index (χ4n) is 2.82. The van der Waals surface area contributed by atoms with Crippen LogP contribution in [0.15, 0.2) is 104 Å². The number of ether oxygens (including phenoxy) is 2. The van der Waals surface area contributed by atoms with E-state index in [2.05, 4.69) is 43.8 Å². The van der Waals surface area contributed by atoms with Gasteiger partial charge in [0, 0.05) is 0 Å². The van der Waals surface area contributed by atoms with Crippen molar-refractivity contribution in [3.05, 3.63) is 126 Å². The van der Waals surface area contributed by atoms with Crippen LogP contribution in [0.4, 0.5) is 0 Å². The molecule has 0 amide bonds. The second kappa shape index (κ2) is 15.4. The van der Waals surface area contributed by atoms with Crippen molar-refractivity contribution < 1.29 is 14.6 Å². The fraction of sp³-hybridized carbons (Fsp3) is 0.172. The summed E-state index contributed by atoms with van der Waals surface area (Å²) in [4.78, 5) is 0. The largest absolute Gasteiger partial charge is 0.489 e. The number of benzene rings is 3. The van der Waals surface area contributed by atoms with Gasteiger partial charge in [-0.3, -0.25) is 0 Å². The molecule has 0 saturated heterocycles. The minimum atomic E-state index is 0.0507. The molecule has 0 radical (unpaired) electrons. The van der Waals surface area contributed by atoms with Crippen molar-refractivity contribution in [2.24, 2.45) is 0 Å². The van der Waals surface area contributed by atoms with Gasteiger partial charge in [0.25, 0.3) is 0 Å². The van der Waals surface area contributed by atoms with Crippen molar-refractivity contribution in [3.63, 3.8) is 0 Å². The molecule has 0 fully saturated rings. The van der Waals surface area contributed by atoms with Crippen molar-refractivity contribution in [2.75, 3.05) is 19.8 Å². The molecule has 0 aliphatic rings. The van der Waals surface area contributed by atoms with Crippen molar-refractivity contribution in [2.45, 2.75) is 13.5 Å². The zero-order valence-electron chi connectivity index (χ0n) is 18.7. The lowest BCUT2D eigenvalue weighted by atomic mass is 10.1. The molecule has 0 aliphatic carbocycles. The highest BCUT2D eigenvalue weighted by atomic mass is 16.5. The molecule has 166 valence electrons. The molecule has 0 atom stereocenters. The number of hydrogen-bond donors (Lipinski definition) is 1. The van der Waals surface area contributed by atoms with Crippen molar-refractivity contribution in [1.82, 2.24) is 0 Å². The Hall–Kier alpha value is -3.40. The Labute approximate surface area is 192 Å². The molecule has 3 rings (SSSR count). The number of aliphatic hydroxyl groups excluding tert-OH is 1. The van der Waals surface area contributed by atoms with Gasteiger partial charge in [-0.15, -0.1) is 6.58 Å². The summed E-state index contributed by atoms with van der Waals surface area (Å²) >= 11 is 0. The first kappa shape index (κ1) is 24.9. The van der Waals surface area contributed by atoms with Crippen LogP contribution in [0.2, 0.25) is 0 Å². The first-order valence-corrected chi connectivity index (χ1v) is 10.7. The maximum Gasteiger partial charge on any atom is 0.120 e. The molecule has 0 saturated carbocycles. The molecule has 0 aliphatic heterocycles. The molecular formula is C29H32O3. The summed E-state index contributed by atoms with van der Waals surface area (Å²) in [6, 6.07) is 26.2. The quantitative estimate of drug-likeness (QED) is 0.297. The van der Waals surface area contributed by atoms with Crippen LogP contribution < -0.4 is 4.74 Å². The average Bonchev–Trinajstić information content (AvgIpc) is 2.83. The second-order valence-corrected chi connectivity index (χ2v) is 7.07. The standard InChI is InChI=1S/C16H16O2.C13H16O/c17-11-5-9-14-8-4-10-16(12-14)18-13-15-6-2-1-3-7-15;1-3-9-14-10-5-8-13-7-4-6-12(2)11-13/h1-10,12,17H,11,13H2;3-8,11H,1,9-10H2,2H3/b9-5+;8-5+. The van der Waals surface area contributed by atoms with Crippen LogP contribution in [0.1, 0.15) is 22.3 Å². The maximum atomic E-state index is 8.73. The van der Waals surface area contributed by atoms with Crippen LogP contribution in [-0.4, -0.2) is 24.9 Å². The molecule has 1 N–H and O–H groups in total. The zero-order chi connectivity index (χ0) is 22.9. The van der Waals surface area contributed by atoms with E-state index in [-0.39, 0.29) is 6.61 Å². The third kappa shape index (κ3) is 10.6. The van der Waals surface area contributed by atoms with Crippen LogP contribution in [0.3, 0.4) is 0 Å². The number of aryl methyl sites for hydroxylation is 1. The molecule has 0 heterocycles. The first-order valence-electron chi connectivity index (χ1n) is 10.7. The van der Waals surface area contributed by atoms with Crippen molar-refractivity contribution >= 4 is 12.2 Å². The summed E-state index contributed by atoms with van der Waals surface area (Å²) < 4.78 is 10.9. The normalized spacial score (nSPS) is 10.7. The van der Waals surface area contributed by atoms with E-state index in [1.165, 1.54) is 11.1 Å². The third-order valence-electron chi connectivity index (χ3n) is 4.32. The molecule has 3 aromatic carbocycles. The summed E-state index contributed by atoms with van der Waals surface area (Å²) in [7, 11) is 0. The molecule has 32 heavy (non-hydrogen) atoms. The lowest BCUT2D eigenvalue weighted by molar-refractivity contribution is 0.194. The summed E-state index contributed by atoms with van der Waals surface area (Å²) in [5.41, 5.74) is 4.66. The van der Waals surface area contributed by atoms with Gasteiger partial charge in [0.1, 0.15) is 12.4 Å². The van der Waals surface area contributed by atoms with E-state index in [0.29, 0.717) is 19.8 Å². The molecule has 0 aromatic heterocycles. The number of rotatable bonds is 10. The van der Waals surface area contributed by atoms with Gasteiger partial charge in [0.15, 0.2) is 0 Å². The van der Waals surface area contributed by atoms with Gasteiger partial charge >= 0.3 is 0 Å². The Balaban J connectivity index is 0.000000235. The Kier molecular flexibility index (Phi) is 12.0. The van der Waals surface area contributed by atoms with E-state index in [9.17, 15) is 0 Å². The predicted octanol–water partition coefficient (Wildman–Crippen LogP) is 6.48. The Morgan fingerprint density at radius 1 is 0.812 bits per heavy atom. The van der Waals surface area contributed by atoms with Crippen molar-refractivity contribution in [3.8, 4) is 5.75 Å². The third-order valence-corrected chi connectivity index (χ3v) is 4.32. The van der Waals surface area contributed by atoms with E-state index in [4.69, 9.17) is 14.6 Å². The molecule has 0 spiro atoms. The van der Waals surface area contributed by atoms with Gasteiger partial charge in [-0.05, 0) is 35.7 Å². The summed E-state index contributed by atoms with van der Waals surface area (Å²) in [6.07, 6.45) is 9.40. The minimum Gasteiger partial charge on any atom is -0.489 e. The van der Waals surface area contributed by atoms with E-state index >= 15 is 0 Å². The Bertz CT molecular complexity index is 974. The highest BCUT2D eigenvalue weighted by molar-refractivity contribution is 5.52. The van der Waals surface area contributed by atoms with Crippen LogP contribution >= 0.6 is 0 Å². The van der Waals surface area contributed by atoms with Gasteiger partial charge < -0.3 is 14.6 Å². The predicted molar refractivity (Wildman–Crippen MR) is 135 cm³/mol. The lowest BCUT2D eigenvalue weighted by Gasteiger charge is -2.06. The SMILES string of the molecule is C=CCOC/C=C/c1cccc(C)c1.OC/C=C/c1cccc(OCc2ccccc2)c1. The van der Waals surface area contributed by atoms with E-state index in [0.717, 1.165) is 16.9 Å². The molecular weight excluding hydrogens is 396 g/mol. The topological polar surface area (TPSA) is 38.7 Å². The molecule has 3 heteroatoms. The van der Waals surface area contributed by atoms with Gasteiger partial charge in [0.2, 0.25) is 0 Å². The van der Waals surface area contributed by atoms with Gasteiger partial charge in [-0.1, -0.05) is 103 Å². The Morgan fingerprint density at radius 3 is 2.25 bits per heavy atom. The summed E-state index contributed by atoms with van der Waals surface area (Å²) in [5.74, 6) is 0.832. The smallest absolute Gasteiger partial charge is 0.120 e. The lowest BCUT2D eigenvalue weighted by Crippen LogP contribution is -1.94. The van der Waals surface area contributed by atoms with E-state index < -0.39 is 0 Å². The molecule has 3 aromatic rings. The van der Waals surface area contributed by atoms with Crippen LogP contribution in [0, 0.1) is 6.92 Å². The summed E-state index contributed by atoms with van der Waals surface area (Å²) in [5, 5.41) is 8.73. The molecule has 3 nitrogen and oxygen atoms in total. The van der Waals surface area contributed by atoms with Gasteiger partial charge in [-0.25, -0.2) is 0 Å².